The number of aliphatic hydroxyl groups excluding tert-OH is 1. The summed E-state index contributed by atoms with van der Waals surface area (Å²) in [5.74, 6) is 1.71. The third-order valence-corrected chi connectivity index (χ3v) is 4.10. The van der Waals surface area contributed by atoms with Gasteiger partial charge < -0.3 is 10.4 Å². The summed E-state index contributed by atoms with van der Waals surface area (Å²) in [6, 6.07) is 7.75. The Labute approximate surface area is 126 Å². The van der Waals surface area contributed by atoms with Crippen LogP contribution >= 0.6 is 27.7 Å². The number of hydrogen-bond donors (Lipinski definition) is 2. The first-order valence-corrected chi connectivity index (χ1v) is 8.08. The summed E-state index contributed by atoms with van der Waals surface area (Å²) in [5.41, 5.74) is 0.981. The maximum atomic E-state index is 11.6. The summed E-state index contributed by atoms with van der Waals surface area (Å²) in [7, 11) is 0. The van der Waals surface area contributed by atoms with E-state index in [1.165, 1.54) is 0 Å². The van der Waals surface area contributed by atoms with Crippen molar-refractivity contribution in [3.63, 3.8) is 0 Å². The van der Waals surface area contributed by atoms with Crippen molar-refractivity contribution in [2.24, 2.45) is 0 Å². The lowest BCUT2D eigenvalue weighted by Crippen LogP contribution is -2.23. The summed E-state index contributed by atoms with van der Waals surface area (Å²) in [6.45, 7) is 0.878. The van der Waals surface area contributed by atoms with E-state index in [-0.39, 0.29) is 12.5 Å². The summed E-state index contributed by atoms with van der Waals surface area (Å²) in [5, 5.41) is 11.4. The van der Waals surface area contributed by atoms with Crippen LogP contribution in [0.15, 0.2) is 34.8 Å². The molecule has 0 aromatic heterocycles. The van der Waals surface area contributed by atoms with Gasteiger partial charge in [0.25, 0.3) is 0 Å². The van der Waals surface area contributed by atoms with Gasteiger partial charge in [-0.3, -0.25) is 4.79 Å². The van der Waals surface area contributed by atoms with Crippen LogP contribution in [0.5, 0.6) is 0 Å². The van der Waals surface area contributed by atoms with Gasteiger partial charge >= 0.3 is 0 Å². The van der Waals surface area contributed by atoms with Crippen LogP contribution in [-0.4, -0.2) is 35.7 Å². The number of rotatable bonds is 8. The Balaban J connectivity index is 2.22. The molecule has 1 amide bonds. The molecule has 0 fully saturated rings. The molecule has 2 N–H and O–H groups in total. The van der Waals surface area contributed by atoms with Crippen molar-refractivity contribution in [3.05, 3.63) is 40.4 Å². The van der Waals surface area contributed by atoms with E-state index < -0.39 is 0 Å². The predicted octanol–water partition coefficient (Wildman–Crippen LogP) is 2.69. The van der Waals surface area contributed by atoms with Crippen LogP contribution in [-0.2, 0) is 4.79 Å². The summed E-state index contributed by atoms with van der Waals surface area (Å²) in [6.07, 6.45) is 4.14. The second-order valence-corrected chi connectivity index (χ2v) is 5.91. The number of nitrogens with one attached hydrogen (secondary N) is 1. The third kappa shape index (κ3) is 7.40. The Morgan fingerprint density at radius 1 is 1.37 bits per heavy atom. The van der Waals surface area contributed by atoms with Gasteiger partial charge in [0.2, 0.25) is 5.91 Å². The van der Waals surface area contributed by atoms with E-state index in [0.717, 1.165) is 28.0 Å². The molecule has 1 aromatic carbocycles. The molecule has 0 radical (unpaired) electrons. The molecule has 0 atom stereocenters. The number of halogens is 1. The molecule has 0 saturated carbocycles. The van der Waals surface area contributed by atoms with Gasteiger partial charge in [-0.1, -0.05) is 34.1 Å². The van der Waals surface area contributed by atoms with Gasteiger partial charge in [0, 0.05) is 29.5 Å². The van der Waals surface area contributed by atoms with E-state index >= 15 is 0 Å². The molecule has 3 nitrogen and oxygen atoms in total. The largest absolute Gasteiger partial charge is 0.396 e. The second kappa shape index (κ2) is 10.1. The molecule has 5 heteroatoms. The van der Waals surface area contributed by atoms with Crippen molar-refractivity contribution in [3.8, 4) is 0 Å². The van der Waals surface area contributed by atoms with Crippen LogP contribution in [0.2, 0.25) is 0 Å². The summed E-state index contributed by atoms with van der Waals surface area (Å²) < 4.78 is 0.971. The second-order valence-electron chi connectivity index (χ2n) is 3.84. The fourth-order valence-corrected chi connectivity index (χ4v) is 2.55. The first-order chi connectivity index (χ1) is 9.24. The summed E-state index contributed by atoms with van der Waals surface area (Å²) in [4.78, 5) is 11.6. The van der Waals surface area contributed by atoms with Crippen molar-refractivity contribution in [1.29, 1.82) is 0 Å². The highest BCUT2D eigenvalue weighted by atomic mass is 79.9. The number of carbonyl (C=O) groups excluding carboxylic acids is 1. The number of benzene rings is 1. The quantitative estimate of drug-likeness (QED) is 0.563. The molecule has 1 aromatic rings. The Hall–Kier alpha value is -0.780. The van der Waals surface area contributed by atoms with Gasteiger partial charge in [0.1, 0.15) is 0 Å². The highest BCUT2D eigenvalue weighted by Crippen LogP contribution is 2.16. The molecule has 0 aliphatic heterocycles. The molecule has 0 spiro atoms. The van der Waals surface area contributed by atoms with Crippen molar-refractivity contribution in [2.75, 3.05) is 24.7 Å². The minimum Gasteiger partial charge on any atom is -0.396 e. The van der Waals surface area contributed by atoms with E-state index in [0.29, 0.717) is 6.54 Å². The van der Waals surface area contributed by atoms with Gasteiger partial charge in [-0.25, -0.2) is 0 Å². The van der Waals surface area contributed by atoms with Crippen molar-refractivity contribution >= 4 is 39.7 Å². The average Bonchev–Trinajstić information content (AvgIpc) is 2.42. The Bertz CT molecular complexity index is 424. The highest BCUT2D eigenvalue weighted by molar-refractivity contribution is 9.10. The van der Waals surface area contributed by atoms with Crippen LogP contribution in [0.3, 0.4) is 0 Å². The van der Waals surface area contributed by atoms with Crippen LogP contribution in [0.25, 0.3) is 6.08 Å². The molecule has 1 rings (SSSR count). The van der Waals surface area contributed by atoms with Gasteiger partial charge in [0.05, 0.1) is 0 Å². The SMILES string of the molecule is O=C(/C=C/c1ccccc1Br)NCCSCCCO. The lowest BCUT2D eigenvalue weighted by atomic mass is 10.2. The predicted molar refractivity (Wildman–Crippen MR) is 85.2 cm³/mol. The van der Waals surface area contributed by atoms with Crippen LogP contribution in [0, 0.1) is 0 Å². The Morgan fingerprint density at radius 2 is 2.16 bits per heavy atom. The van der Waals surface area contributed by atoms with E-state index in [1.54, 1.807) is 23.9 Å². The smallest absolute Gasteiger partial charge is 0.244 e. The Morgan fingerprint density at radius 3 is 2.89 bits per heavy atom. The molecule has 0 heterocycles. The van der Waals surface area contributed by atoms with Gasteiger partial charge in [-0.15, -0.1) is 0 Å². The van der Waals surface area contributed by atoms with E-state index in [2.05, 4.69) is 21.2 Å². The standard InChI is InChI=1S/C14H18BrNO2S/c15-13-5-2-1-4-12(13)6-7-14(18)16-8-11-19-10-3-9-17/h1-2,4-7,17H,3,8-11H2,(H,16,18)/b7-6+. The zero-order valence-corrected chi connectivity index (χ0v) is 13.0. The lowest BCUT2D eigenvalue weighted by molar-refractivity contribution is -0.116. The monoisotopic (exact) mass is 343 g/mol. The molecular weight excluding hydrogens is 326 g/mol. The topological polar surface area (TPSA) is 49.3 Å². The number of amides is 1. The van der Waals surface area contributed by atoms with Crippen LogP contribution in [0.4, 0.5) is 0 Å². The fourth-order valence-electron chi connectivity index (χ4n) is 1.35. The van der Waals surface area contributed by atoms with Crippen molar-refractivity contribution < 1.29 is 9.90 Å². The molecule has 19 heavy (non-hydrogen) atoms. The maximum absolute atomic E-state index is 11.6. The van der Waals surface area contributed by atoms with Crippen LogP contribution in [0.1, 0.15) is 12.0 Å². The lowest BCUT2D eigenvalue weighted by Gasteiger charge is -2.02. The minimum absolute atomic E-state index is 0.0847. The van der Waals surface area contributed by atoms with Gasteiger partial charge in [0.15, 0.2) is 0 Å². The molecular formula is C14H18BrNO2S. The van der Waals surface area contributed by atoms with Gasteiger partial charge in [-0.05, 0) is 29.9 Å². The minimum atomic E-state index is -0.0847. The van der Waals surface area contributed by atoms with Crippen molar-refractivity contribution in [2.45, 2.75) is 6.42 Å². The third-order valence-electron chi connectivity index (χ3n) is 2.31. The maximum Gasteiger partial charge on any atom is 0.244 e. The molecule has 0 bridgehead atoms. The normalized spacial score (nSPS) is 10.8. The van der Waals surface area contributed by atoms with E-state index in [1.807, 2.05) is 24.3 Å². The average molecular weight is 344 g/mol. The molecule has 104 valence electrons. The number of hydrogen-bond acceptors (Lipinski definition) is 3. The molecule has 0 aliphatic rings. The molecule has 0 aliphatic carbocycles. The van der Waals surface area contributed by atoms with Crippen molar-refractivity contribution in [1.82, 2.24) is 5.32 Å². The zero-order valence-electron chi connectivity index (χ0n) is 10.6. The fraction of sp³-hybridized carbons (Fsp3) is 0.357. The van der Waals surface area contributed by atoms with Gasteiger partial charge in [-0.2, -0.15) is 11.8 Å². The van der Waals surface area contributed by atoms with E-state index in [9.17, 15) is 4.79 Å². The van der Waals surface area contributed by atoms with Crippen LogP contribution < -0.4 is 5.32 Å². The first kappa shape index (κ1) is 16.3. The molecule has 0 unspecified atom stereocenters. The zero-order chi connectivity index (χ0) is 13.9. The summed E-state index contributed by atoms with van der Waals surface area (Å²) >= 11 is 5.16. The Kier molecular flexibility index (Phi) is 8.62. The number of aliphatic hydroxyl groups is 1. The number of carbonyl (C=O) groups is 1. The molecule has 0 saturated heterocycles. The highest BCUT2D eigenvalue weighted by Gasteiger charge is 1.97. The number of thioether (sulfide) groups is 1. The first-order valence-electron chi connectivity index (χ1n) is 6.13. The van der Waals surface area contributed by atoms with E-state index in [4.69, 9.17) is 5.11 Å².